The van der Waals surface area contributed by atoms with Crippen LogP contribution in [0.3, 0.4) is 0 Å². The number of sulfonamides is 1. The third-order valence-corrected chi connectivity index (χ3v) is 4.63. The SMILES string of the molecule is N#Cc1ccc(S(=O)(=O)NCCNC(=O)C2CC2)c(N)c1. The fraction of sp³-hybridized carbons (Fsp3) is 0.385. The van der Waals surface area contributed by atoms with E-state index in [1.54, 1.807) is 0 Å². The second-order valence-electron chi connectivity index (χ2n) is 4.83. The molecule has 1 aromatic carbocycles. The van der Waals surface area contributed by atoms with Gasteiger partial charge >= 0.3 is 0 Å². The molecule has 0 atom stereocenters. The van der Waals surface area contributed by atoms with Crippen molar-refractivity contribution in [1.82, 2.24) is 10.0 Å². The second kappa shape index (κ2) is 6.11. The molecule has 0 bridgehead atoms. The van der Waals surface area contributed by atoms with Crippen LogP contribution in [0.2, 0.25) is 0 Å². The number of carbonyl (C=O) groups excluding carboxylic acids is 1. The Balaban J connectivity index is 1.92. The highest BCUT2D eigenvalue weighted by Crippen LogP contribution is 2.28. The van der Waals surface area contributed by atoms with E-state index in [0.29, 0.717) is 5.56 Å². The minimum Gasteiger partial charge on any atom is -0.398 e. The summed E-state index contributed by atoms with van der Waals surface area (Å²) in [5.74, 6) is 0.0582. The molecule has 112 valence electrons. The summed E-state index contributed by atoms with van der Waals surface area (Å²) in [5, 5.41) is 11.4. The lowest BCUT2D eigenvalue weighted by atomic mass is 10.2. The maximum absolute atomic E-state index is 12.1. The number of nitrogens with one attached hydrogen (secondary N) is 2. The average molecular weight is 308 g/mol. The molecule has 1 aliphatic carbocycles. The molecule has 21 heavy (non-hydrogen) atoms. The molecule has 4 N–H and O–H groups in total. The van der Waals surface area contributed by atoms with Crippen molar-refractivity contribution in [1.29, 1.82) is 5.26 Å². The van der Waals surface area contributed by atoms with E-state index in [1.807, 2.05) is 6.07 Å². The molecule has 0 radical (unpaired) electrons. The number of benzene rings is 1. The maximum Gasteiger partial charge on any atom is 0.242 e. The summed E-state index contributed by atoms with van der Waals surface area (Å²) in [6.45, 7) is 0.310. The molecule has 1 aromatic rings. The second-order valence-corrected chi connectivity index (χ2v) is 6.56. The first-order valence-electron chi connectivity index (χ1n) is 6.51. The Kier molecular flexibility index (Phi) is 4.45. The molecule has 1 fully saturated rings. The summed E-state index contributed by atoms with van der Waals surface area (Å²) >= 11 is 0. The lowest BCUT2D eigenvalue weighted by molar-refractivity contribution is -0.122. The van der Waals surface area contributed by atoms with E-state index < -0.39 is 10.0 Å². The van der Waals surface area contributed by atoms with Crippen molar-refractivity contribution in [3.05, 3.63) is 23.8 Å². The molecule has 0 saturated heterocycles. The number of hydrogen-bond acceptors (Lipinski definition) is 5. The maximum atomic E-state index is 12.1. The van der Waals surface area contributed by atoms with Crippen LogP contribution in [0.5, 0.6) is 0 Å². The number of anilines is 1. The quantitative estimate of drug-likeness (QED) is 0.501. The molecule has 0 unspecified atom stereocenters. The summed E-state index contributed by atoms with van der Waals surface area (Å²) in [7, 11) is -3.75. The summed E-state index contributed by atoms with van der Waals surface area (Å²) in [6, 6.07) is 5.87. The molecule has 1 aliphatic rings. The summed E-state index contributed by atoms with van der Waals surface area (Å²) in [4.78, 5) is 11.3. The number of hydrogen-bond donors (Lipinski definition) is 3. The molecule has 7 nitrogen and oxygen atoms in total. The van der Waals surface area contributed by atoms with Gasteiger partial charge in [0.2, 0.25) is 15.9 Å². The highest BCUT2D eigenvalue weighted by molar-refractivity contribution is 7.89. The van der Waals surface area contributed by atoms with Crippen molar-refractivity contribution in [2.24, 2.45) is 5.92 Å². The Morgan fingerprint density at radius 1 is 1.38 bits per heavy atom. The van der Waals surface area contributed by atoms with Gasteiger partial charge in [-0.15, -0.1) is 0 Å². The molecular formula is C13H16N4O3S. The predicted molar refractivity (Wildman–Crippen MR) is 76.5 cm³/mol. The van der Waals surface area contributed by atoms with Crippen molar-refractivity contribution >= 4 is 21.6 Å². The van der Waals surface area contributed by atoms with Gasteiger partial charge in [0, 0.05) is 19.0 Å². The van der Waals surface area contributed by atoms with Gasteiger partial charge in [-0.1, -0.05) is 0 Å². The smallest absolute Gasteiger partial charge is 0.242 e. The van der Waals surface area contributed by atoms with E-state index in [1.165, 1.54) is 18.2 Å². The van der Waals surface area contributed by atoms with Crippen LogP contribution in [0.25, 0.3) is 0 Å². The first-order valence-corrected chi connectivity index (χ1v) is 7.99. The highest BCUT2D eigenvalue weighted by Gasteiger charge is 2.29. The van der Waals surface area contributed by atoms with E-state index in [0.717, 1.165) is 12.8 Å². The Morgan fingerprint density at radius 2 is 2.10 bits per heavy atom. The van der Waals surface area contributed by atoms with E-state index in [2.05, 4.69) is 10.0 Å². The molecule has 0 aromatic heterocycles. The fourth-order valence-corrected chi connectivity index (χ4v) is 2.94. The number of nitrogens with zero attached hydrogens (tertiary/aromatic N) is 1. The van der Waals surface area contributed by atoms with E-state index in [9.17, 15) is 13.2 Å². The molecule has 0 heterocycles. The van der Waals surface area contributed by atoms with Gasteiger partial charge in [-0.3, -0.25) is 4.79 Å². The van der Waals surface area contributed by atoms with Gasteiger partial charge in [-0.05, 0) is 31.0 Å². The molecule has 0 spiro atoms. The first-order chi connectivity index (χ1) is 9.94. The monoisotopic (exact) mass is 308 g/mol. The Bertz CT molecular complexity index is 690. The van der Waals surface area contributed by atoms with Gasteiger partial charge in [0.05, 0.1) is 17.3 Å². The fourth-order valence-electron chi connectivity index (χ4n) is 1.80. The van der Waals surface area contributed by atoms with Crippen LogP contribution in [0.1, 0.15) is 18.4 Å². The largest absolute Gasteiger partial charge is 0.398 e. The number of carbonyl (C=O) groups is 1. The lowest BCUT2D eigenvalue weighted by Crippen LogP contribution is -2.35. The lowest BCUT2D eigenvalue weighted by Gasteiger charge is -2.10. The van der Waals surface area contributed by atoms with Crippen LogP contribution in [0, 0.1) is 17.2 Å². The first kappa shape index (κ1) is 15.3. The third-order valence-electron chi connectivity index (χ3n) is 3.09. The molecule has 2 rings (SSSR count). The van der Waals surface area contributed by atoms with Gasteiger partial charge in [0.1, 0.15) is 4.90 Å². The average Bonchev–Trinajstić information content (AvgIpc) is 3.27. The number of nitriles is 1. The van der Waals surface area contributed by atoms with E-state index in [-0.39, 0.29) is 35.5 Å². The van der Waals surface area contributed by atoms with E-state index >= 15 is 0 Å². The van der Waals surface area contributed by atoms with Gasteiger partial charge in [0.15, 0.2) is 0 Å². The number of rotatable bonds is 6. The minimum atomic E-state index is -3.75. The van der Waals surface area contributed by atoms with Crippen LogP contribution in [0.4, 0.5) is 5.69 Å². The number of amides is 1. The van der Waals surface area contributed by atoms with Crippen molar-refractivity contribution in [2.45, 2.75) is 17.7 Å². The zero-order valence-electron chi connectivity index (χ0n) is 11.3. The van der Waals surface area contributed by atoms with Crippen molar-refractivity contribution in [2.75, 3.05) is 18.8 Å². The minimum absolute atomic E-state index is 0.0172. The molecule has 8 heteroatoms. The Hall–Kier alpha value is -2.11. The van der Waals surface area contributed by atoms with Crippen molar-refractivity contribution in [3.8, 4) is 6.07 Å². The summed E-state index contributed by atoms with van der Waals surface area (Å²) in [5.41, 5.74) is 5.96. The topological polar surface area (TPSA) is 125 Å². The van der Waals surface area contributed by atoms with Gasteiger partial charge in [0.25, 0.3) is 0 Å². The van der Waals surface area contributed by atoms with Gasteiger partial charge < -0.3 is 11.1 Å². The normalized spacial score (nSPS) is 14.4. The number of nitrogens with two attached hydrogens (primary N) is 1. The van der Waals surface area contributed by atoms with Gasteiger partial charge in [-0.2, -0.15) is 5.26 Å². The molecule has 1 saturated carbocycles. The molecule has 0 aliphatic heterocycles. The number of nitrogen functional groups attached to an aromatic ring is 1. The molecular weight excluding hydrogens is 292 g/mol. The summed E-state index contributed by atoms with van der Waals surface area (Å²) in [6.07, 6.45) is 1.80. The molecule has 1 amide bonds. The summed E-state index contributed by atoms with van der Waals surface area (Å²) < 4.78 is 26.5. The van der Waals surface area contributed by atoms with Crippen LogP contribution >= 0.6 is 0 Å². The van der Waals surface area contributed by atoms with Crippen LogP contribution in [-0.4, -0.2) is 27.4 Å². The predicted octanol–water partition coefficient (Wildman–Crippen LogP) is -0.0550. The van der Waals surface area contributed by atoms with Crippen molar-refractivity contribution in [3.63, 3.8) is 0 Å². The Labute approximate surface area is 123 Å². The third kappa shape index (κ3) is 3.93. The van der Waals surface area contributed by atoms with Crippen molar-refractivity contribution < 1.29 is 13.2 Å². The van der Waals surface area contributed by atoms with Gasteiger partial charge in [-0.25, -0.2) is 13.1 Å². The highest BCUT2D eigenvalue weighted by atomic mass is 32.2. The zero-order chi connectivity index (χ0) is 15.5. The van der Waals surface area contributed by atoms with E-state index in [4.69, 9.17) is 11.0 Å². The van der Waals surface area contributed by atoms with Crippen LogP contribution in [0.15, 0.2) is 23.1 Å². The van der Waals surface area contributed by atoms with Crippen LogP contribution < -0.4 is 15.8 Å². The Morgan fingerprint density at radius 3 is 2.67 bits per heavy atom. The standard InChI is InChI=1S/C13H16N4O3S/c14-8-9-1-4-12(11(15)7-9)21(19,20)17-6-5-16-13(18)10-2-3-10/h1,4,7,10,17H,2-3,5-6,15H2,(H,16,18). The van der Waals surface area contributed by atoms with Crippen LogP contribution in [-0.2, 0) is 14.8 Å². The zero-order valence-corrected chi connectivity index (χ0v) is 12.1.